The summed E-state index contributed by atoms with van der Waals surface area (Å²) in [4.78, 5) is 12.0. The van der Waals surface area contributed by atoms with Gasteiger partial charge in [-0.25, -0.2) is 0 Å². The molecule has 6 nitrogen and oxygen atoms in total. The molecule has 0 saturated carbocycles. The number of nitrogens with zero attached hydrogens (tertiary/aromatic N) is 1. The molecule has 3 atom stereocenters. The highest BCUT2D eigenvalue weighted by atomic mass is 16.7. The van der Waals surface area contributed by atoms with Crippen molar-refractivity contribution in [3.05, 3.63) is 0 Å². The van der Waals surface area contributed by atoms with Gasteiger partial charge in [-0.3, -0.25) is 4.79 Å². The second kappa shape index (κ2) is 6.24. The molecule has 139 valence electrons. The first kappa shape index (κ1) is 19.6. The van der Waals surface area contributed by atoms with Gasteiger partial charge in [0.15, 0.2) is 5.79 Å². The van der Waals surface area contributed by atoms with E-state index in [0.717, 1.165) is 0 Å². The van der Waals surface area contributed by atoms with Gasteiger partial charge in [0.05, 0.1) is 31.4 Å². The van der Waals surface area contributed by atoms with Crippen molar-refractivity contribution in [3.63, 3.8) is 0 Å². The molecular weight excluding hydrogens is 310 g/mol. The number of hydroxylamine groups is 2. The van der Waals surface area contributed by atoms with Crippen molar-refractivity contribution in [1.82, 2.24) is 5.06 Å². The van der Waals surface area contributed by atoms with Gasteiger partial charge in [-0.2, -0.15) is 0 Å². The average Bonchev–Trinajstić information content (AvgIpc) is 2.60. The predicted molar refractivity (Wildman–Crippen MR) is 88.5 cm³/mol. The molecule has 0 aromatic heterocycles. The Morgan fingerprint density at radius 2 is 1.71 bits per heavy atom. The monoisotopic (exact) mass is 342 g/mol. The molecule has 3 unspecified atom stereocenters. The minimum absolute atomic E-state index is 0.116. The van der Waals surface area contributed by atoms with Crippen molar-refractivity contribution in [2.45, 2.75) is 77.7 Å². The number of rotatable bonds is 3. The maximum absolute atomic E-state index is 13.1. The standard InChI is InChI=1S/C18H32NO5/c1-8-16(5)10-18(13(3)17(6,9-2)19(16)21)23-11-15(4,12-24-18)14(20)22-7/h13H,8-12H2,1-7H3. The van der Waals surface area contributed by atoms with E-state index in [-0.39, 0.29) is 25.1 Å². The highest BCUT2D eigenvalue weighted by Crippen LogP contribution is 2.53. The number of methoxy groups -OCH3 is 1. The van der Waals surface area contributed by atoms with Gasteiger partial charge in [-0.05, 0) is 33.6 Å². The first-order chi connectivity index (χ1) is 11.0. The normalized spacial score (nSPS) is 46.9. The van der Waals surface area contributed by atoms with Crippen LogP contribution in [0.25, 0.3) is 0 Å². The number of ether oxygens (including phenoxy) is 3. The Hall–Kier alpha value is -0.690. The molecule has 0 aromatic rings. The molecule has 0 amide bonds. The lowest BCUT2D eigenvalue weighted by Gasteiger charge is -2.61. The van der Waals surface area contributed by atoms with Crippen molar-refractivity contribution >= 4 is 5.97 Å². The van der Waals surface area contributed by atoms with Crippen LogP contribution in [-0.2, 0) is 24.2 Å². The van der Waals surface area contributed by atoms with E-state index in [1.165, 1.54) is 12.2 Å². The molecule has 1 spiro atoms. The first-order valence-electron chi connectivity index (χ1n) is 8.87. The van der Waals surface area contributed by atoms with E-state index in [2.05, 4.69) is 0 Å². The number of piperidine rings is 1. The SMILES string of the molecule is CCC1(C)CC2(OCC(C)(C(=O)OC)CO2)C(C)C(C)(CC)N1[O]. The van der Waals surface area contributed by atoms with Gasteiger partial charge in [0.25, 0.3) is 0 Å². The van der Waals surface area contributed by atoms with Crippen LogP contribution in [0.5, 0.6) is 0 Å². The lowest BCUT2D eigenvalue weighted by molar-refractivity contribution is -0.411. The van der Waals surface area contributed by atoms with Crippen LogP contribution in [0.3, 0.4) is 0 Å². The van der Waals surface area contributed by atoms with Crippen LogP contribution in [0, 0.1) is 11.3 Å². The fraction of sp³-hybridized carbons (Fsp3) is 0.944. The zero-order valence-corrected chi connectivity index (χ0v) is 16.1. The van der Waals surface area contributed by atoms with Crippen molar-refractivity contribution in [2.24, 2.45) is 11.3 Å². The van der Waals surface area contributed by atoms with Gasteiger partial charge in [-0.15, -0.1) is 10.3 Å². The molecule has 0 bridgehead atoms. The van der Waals surface area contributed by atoms with Gasteiger partial charge in [0.2, 0.25) is 0 Å². The number of esters is 1. The van der Waals surface area contributed by atoms with Crippen molar-refractivity contribution in [1.29, 1.82) is 0 Å². The van der Waals surface area contributed by atoms with Crippen LogP contribution in [0.15, 0.2) is 0 Å². The zero-order valence-electron chi connectivity index (χ0n) is 16.1. The van der Waals surface area contributed by atoms with E-state index in [1.54, 1.807) is 6.92 Å². The number of hydrogen-bond acceptors (Lipinski definition) is 5. The predicted octanol–water partition coefficient (Wildman–Crippen LogP) is 2.93. The lowest BCUT2D eigenvalue weighted by atomic mass is 9.67. The third-order valence-corrected chi connectivity index (χ3v) is 6.60. The molecule has 2 heterocycles. The molecular formula is C18H32NO5. The molecule has 0 aromatic carbocycles. The number of carbonyl (C=O) groups is 1. The third kappa shape index (κ3) is 2.68. The molecule has 2 aliphatic heterocycles. The Morgan fingerprint density at radius 3 is 2.12 bits per heavy atom. The minimum atomic E-state index is -0.843. The van der Waals surface area contributed by atoms with Crippen LogP contribution in [0.2, 0.25) is 0 Å². The molecule has 24 heavy (non-hydrogen) atoms. The quantitative estimate of drug-likeness (QED) is 0.738. The van der Waals surface area contributed by atoms with Gasteiger partial charge in [0, 0.05) is 12.3 Å². The van der Waals surface area contributed by atoms with Gasteiger partial charge < -0.3 is 14.2 Å². The molecule has 1 radical (unpaired) electrons. The Balaban J connectivity index is 2.35. The molecule has 2 fully saturated rings. The molecule has 2 rings (SSSR count). The lowest BCUT2D eigenvalue weighted by Crippen LogP contribution is -2.73. The average molecular weight is 342 g/mol. The minimum Gasteiger partial charge on any atom is -0.468 e. The zero-order chi connectivity index (χ0) is 18.4. The van der Waals surface area contributed by atoms with Crippen LogP contribution in [0.4, 0.5) is 0 Å². The smallest absolute Gasteiger partial charge is 0.316 e. The Labute approximate surface area is 145 Å². The van der Waals surface area contributed by atoms with E-state index >= 15 is 0 Å². The van der Waals surface area contributed by atoms with E-state index in [4.69, 9.17) is 14.2 Å². The van der Waals surface area contributed by atoms with Crippen LogP contribution < -0.4 is 0 Å². The molecule has 0 aliphatic carbocycles. The summed E-state index contributed by atoms with van der Waals surface area (Å²) in [5.74, 6) is -1.29. The van der Waals surface area contributed by atoms with E-state index in [1.807, 2.05) is 34.6 Å². The Bertz CT molecular complexity index is 488. The number of hydrogen-bond donors (Lipinski definition) is 0. The highest BCUT2D eigenvalue weighted by molar-refractivity contribution is 5.76. The summed E-state index contributed by atoms with van der Waals surface area (Å²) in [6.07, 6.45) is 1.91. The molecule has 0 N–H and O–H groups in total. The van der Waals surface area contributed by atoms with E-state index in [9.17, 15) is 10.0 Å². The highest BCUT2D eigenvalue weighted by Gasteiger charge is 2.64. The van der Waals surface area contributed by atoms with Crippen LogP contribution in [0.1, 0.15) is 60.8 Å². The van der Waals surface area contributed by atoms with Crippen LogP contribution in [-0.4, -0.2) is 48.2 Å². The summed E-state index contributed by atoms with van der Waals surface area (Å²) in [6, 6.07) is 0. The fourth-order valence-electron chi connectivity index (χ4n) is 4.10. The van der Waals surface area contributed by atoms with Crippen molar-refractivity contribution < 1.29 is 24.2 Å². The second-order valence-corrected chi connectivity index (χ2v) is 8.20. The van der Waals surface area contributed by atoms with Crippen LogP contribution >= 0.6 is 0 Å². The maximum Gasteiger partial charge on any atom is 0.316 e. The van der Waals surface area contributed by atoms with E-state index < -0.39 is 22.3 Å². The summed E-state index contributed by atoms with van der Waals surface area (Å²) in [7, 11) is 1.37. The maximum atomic E-state index is 13.1. The Kier molecular flexibility index (Phi) is 5.10. The van der Waals surface area contributed by atoms with E-state index in [0.29, 0.717) is 19.3 Å². The summed E-state index contributed by atoms with van der Waals surface area (Å²) >= 11 is 0. The second-order valence-electron chi connectivity index (χ2n) is 8.20. The van der Waals surface area contributed by atoms with Gasteiger partial charge in [-0.1, -0.05) is 20.8 Å². The summed E-state index contributed by atoms with van der Waals surface area (Å²) in [5, 5.41) is 14.3. The number of carbonyl (C=O) groups excluding carboxylic acids is 1. The summed E-state index contributed by atoms with van der Waals surface area (Å²) < 4.78 is 17.3. The first-order valence-corrected chi connectivity index (χ1v) is 8.87. The van der Waals surface area contributed by atoms with Gasteiger partial charge in [0.1, 0.15) is 5.41 Å². The topological polar surface area (TPSA) is 67.9 Å². The largest absolute Gasteiger partial charge is 0.468 e. The van der Waals surface area contributed by atoms with Crippen molar-refractivity contribution in [3.8, 4) is 0 Å². The molecule has 2 aliphatic rings. The molecule has 2 saturated heterocycles. The summed E-state index contributed by atoms with van der Waals surface area (Å²) in [6.45, 7) is 12.3. The van der Waals surface area contributed by atoms with Gasteiger partial charge >= 0.3 is 5.97 Å². The Morgan fingerprint density at radius 1 is 1.17 bits per heavy atom. The summed E-state index contributed by atoms with van der Waals surface area (Å²) in [5.41, 5.74) is -1.95. The third-order valence-electron chi connectivity index (χ3n) is 6.60. The molecule has 6 heteroatoms. The van der Waals surface area contributed by atoms with Crippen molar-refractivity contribution in [2.75, 3.05) is 20.3 Å². The fourth-order valence-corrected chi connectivity index (χ4v) is 4.10.